The van der Waals surface area contributed by atoms with Crippen LogP contribution in [0.5, 0.6) is 11.5 Å². The fraction of sp³-hybridized carbons (Fsp3) is 0.154. The van der Waals surface area contributed by atoms with Crippen molar-refractivity contribution < 1.29 is 19.1 Å². The number of urea groups is 1. The third-order valence-corrected chi connectivity index (χ3v) is 5.43. The van der Waals surface area contributed by atoms with Crippen LogP contribution in [0.25, 0.3) is 11.6 Å². The molecule has 34 heavy (non-hydrogen) atoms. The molecule has 1 aliphatic heterocycles. The highest BCUT2D eigenvalue weighted by atomic mass is 16.5. The van der Waals surface area contributed by atoms with Crippen molar-refractivity contribution >= 4 is 46.3 Å². The summed E-state index contributed by atoms with van der Waals surface area (Å²) in [5, 5.41) is 8.47. The van der Waals surface area contributed by atoms with E-state index in [1.165, 1.54) is 0 Å². The van der Waals surface area contributed by atoms with E-state index in [2.05, 4.69) is 16.0 Å². The normalized spacial score (nSPS) is 13.2. The van der Waals surface area contributed by atoms with Crippen molar-refractivity contribution in [3.05, 3.63) is 71.8 Å². The maximum atomic E-state index is 12.6. The molecule has 0 saturated heterocycles. The molecular formula is C26H26N4O4. The molecule has 1 heterocycles. The molecule has 174 valence electrons. The van der Waals surface area contributed by atoms with Crippen molar-refractivity contribution in [3.8, 4) is 11.5 Å². The number of nitrogens with zero attached hydrogens (tertiary/aromatic N) is 1. The summed E-state index contributed by atoms with van der Waals surface area (Å²) in [6, 6.07) is 18.0. The summed E-state index contributed by atoms with van der Waals surface area (Å²) in [5.41, 5.74) is 5.13. The number of benzene rings is 3. The molecule has 0 atom stereocenters. The maximum absolute atomic E-state index is 12.6. The predicted molar refractivity (Wildman–Crippen MR) is 136 cm³/mol. The number of amides is 3. The number of anilines is 4. The van der Waals surface area contributed by atoms with E-state index in [0.717, 1.165) is 16.8 Å². The minimum Gasteiger partial charge on any atom is -0.493 e. The van der Waals surface area contributed by atoms with Gasteiger partial charge in [-0.25, -0.2) is 4.79 Å². The van der Waals surface area contributed by atoms with Gasteiger partial charge in [-0.2, -0.15) is 0 Å². The highest BCUT2D eigenvalue weighted by Gasteiger charge is 2.26. The quantitative estimate of drug-likeness (QED) is 0.457. The average Bonchev–Trinajstić information content (AvgIpc) is 3.13. The zero-order valence-corrected chi connectivity index (χ0v) is 19.4. The number of rotatable bonds is 6. The molecular weight excluding hydrogens is 432 g/mol. The van der Waals surface area contributed by atoms with Crippen molar-refractivity contribution in [2.45, 2.75) is 0 Å². The largest absolute Gasteiger partial charge is 0.493 e. The standard InChI is InChI=1S/C26H26N4O4/c1-30(2)19-11-9-18(10-12-19)28-26(32)27-17-7-5-16(6-8-17)13-21-20-14-23(33-3)24(34-4)15-22(20)29-25(21)31/h5-15H,1-4H3,(H,29,31)(H2,27,28,32)/b21-13+. The zero-order valence-electron chi connectivity index (χ0n) is 19.4. The molecule has 0 aliphatic carbocycles. The smallest absolute Gasteiger partial charge is 0.323 e. The van der Waals surface area contributed by atoms with E-state index in [1.807, 2.05) is 55.4 Å². The highest BCUT2D eigenvalue weighted by Crippen LogP contribution is 2.41. The van der Waals surface area contributed by atoms with E-state index in [-0.39, 0.29) is 11.9 Å². The first-order chi connectivity index (χ1) is 16.4. The monoisotopic (exact) mass is 458 g/mol. The lowest BCUT2D eigenvalue weighted by atomic mass is 10.0. The van der Waals surface area contributed by atoms with E-state index in [0.29, 0.717) is 34.1 Å². The molecule has 3 amide bonds. The van der Waals surface area contributed by atoms with Gasteiger partial charge in [-0.1, -0.05) is 12.1 Å². The molecule has 4 rings (SSSR count). The molecule has 0 aromatic heterocycles. The van der Waals surface area contributed by atoms with Gasteiger partial charge in [-0.05, 0) is 54.1 Å². The van der Waals surface area contributed by atoms with Gasteiger partial charge in [-0.15, -0.1) is 0 Å². The van der Waals surface area contributed by atoms with Crippen molar-refractivity contribution in [1.29, 1.82) is 0 Å². The summed E-state index contributed by atoms with van der Waals surface area (Å²) in [4.78, 5) is 26.9. The van der Waals surface area contributed by atoms with E-state index in [9.17, 15) is 9.59 Å². The number of fused-ring (bicyclic) bond motifs is 1. The van der Waals surface area contributed by atoms with Gasteiger partial charge in [0.05, 0.1) is 19.9 Å². The second-order valence-corrected chi connectivity index (χ2v) is 7.91. The number of methoxy groups -OCH3 is 2. The summed E-state index contributed by atoms with van der Waals surface area (Å²) in [6.45, 7) is 0. The number of carbonyl (C=O) groups excluding carboxylic acids is 2. The van der Waals surface area contributed by atoms with E-state index < -0.39 is 0 Å². The fourth-order valence-corrected chi connectivity index (χ4v) is 3.63. The molecule has 0 fully saturated rings. The second kappa shape index (κ2) is 9.58. The Morgan fingerprint density at radius 3 is 2.00 bits per heavy atom. The number of nitrogens with one attached hydrogen (secondary N) is 3. The van der Waals surface area contributed by atoms with E-state index in [1.54, 1.807) is 44.6 Å². The Labute approximate surface area is 198 Å². The molecule has 3 aromatic carbocycles. The first-order valence-corrected chi connectivity index (χ1v) is 10.6. The SMILES string of the molecule is COc1cc2c(cc1OC)/C(=C\c1ccc(NC(=O)Nc3ccc(N(C)C)cc3)cc1)C(=O)N2. The van der Waals surface area contributed by atoms with E-state index >= 15 is 0 Å². The Bertz CT molecular complexity index is 1250. The number of hydrogen-bond donors (Lipinski definition) is 3. The van der Waals surface area contributed by atoms with Crippen LogP contribution in [0.1, 0.15) is 11.1 Å². The van der Waals surface area contributed by atoms with Crippen LogP contribution in [0.4, 0.5) is 27.5 Å². The summed E-state index contributed by atoms with van der Waals surface area (Å²) < 4.78 is 10.7. The van der Waals surface area contributed by atoms with Crippen molar-refractivity contribution in [2.24, 2.45) is 0 Å². The van der Waals surface area contributed by atoms with Crippen LogP contribution >= 0.6 is 0 Å². The van der Waals surface area contributed by atoms with Gasteiger partial charge in [0.15, 0.2) is 11.5 Å². The van der Waals surface area contributed by atoms with Crippen LogP contribution in [0, 0.1) is 0 Å². The molecule has 8 nitrogen and oxygen atoms in total. The van der Waals surface area contributed by atoms with Gasteiger partial charge >= 0.3 is 6.03 Å². The third kappa shape index (κ3) is 4.80. The molecule has 3 N–H and O–H groups in total. The van der Waals surface area contributed by atoms with Crippen molar-refractivity contribution in [3.63, 3.8) is 0 Å². The Morgan fingerprint density at radius 2 is 1.44 bits per heavy atom. The maximum Gasteiger partial charge on any atom is 0.323 e. The molecule has 1 aliphatic rings. The Morgan fingerprint density at radius 1 is 0.882 bits per heavy atom. The Kier molecular flexibility index (Phi) is 6.40. The number of hydrogen-bond acceptors (Lipinski definition) is 5. The van der Waals surface area contributed by atoms with Crippen LogP contribution in [0.3, 0.4) is 0 Å². The topological polar surface area (TPSA) is 91.9 Å². The van der Waals surface area contributed by atoms with Crippen LogP contribution in [0.2, 0.25) is 0 Å². The van der Waals surface area contributed by atoms with Crippen LogP contribution in [-0.4, -0.2) is 40.3 Å². The lowest BCUT2D eigenvalue weighted by molar-refractivity contribution is -0.110. The van der Waals surface area contributed by atoms with E-state index in [4.69, 9.17) is 9.47 Å². The fourth-order valence-electron chi connectivity index (χ4n) is 3.63. The third-order valence-electron chi connectivity index (χ3n) is 5.43. The molecule has 0 spiro atoms. The van der Waals surface area contributed by atoms with Crippen LogP contribution in [-0.2, 0) is 4.79 Å². The van der Waals surface area contributed by atoms with Crippen LogP contribution < -0.4 is 30.3 Å². The summed E-state index contributed by atoms with van der Waals surface area (Å²) >= 11 is 0. The number of ether oxygens (including phenoxy) is 2. The van der Waals surface area contributed by atoms with Crippen LogP contribution in [0.15, 0.2) is 60.7 Å². The first-order valence-electron chi connectivity index (χ1n) is 10.6. The number of carbonyl (C=O) groups is 2. The van der Waals surface area contributed by atoms with Gasteiger partial charge < -0.3 is 30.3 Å². The molecule has 0 unspecified atom stereocenters. The minimum atomic E-state index is -0.339. The molecule has 3 aromatic rings. The molecule has 0 saturated carbocycles. The molecule has 0 bridgehead atoms. The lowest BCUT2D eigenvalue weighted by Gasteiger charge is -2.13. The minimum absolute atomic E-state index is 0.202. The average molecular weight is 459 g/mol. The van der Waals surface area contributed by atoms with Gasteiger partial charge in [0.1, 0.15) is 0 Å². The predicted octanol–water partition coefficient (Wildman–Crippen LogP) is 4.91. The first kappa shape index (κ1) is 22.7. The Hall–Kier alpha value is -4.46. The molecule has 8 heteroatoms. The summed E-state index contributed by atoms with van der Waals surface area (Å²) in [7, 11) is 7.02. The highest BCUT2D eigenvalue weighted by molar-refractivity contribution is 6.35. The van der Waals surface area contributed by atoms with Crippen molar-refractivity contribution in [1.82, 2.24) is 0 Å². The summed E-state index contributed by atoms with van der Waals surface area (Å²) in [5.74, 6) is 0.892. The molecule has 0 radical (unpaired) electrons. The zero-order chi connectivity index (χ0) is 24.2. The van der Waals surface area contributed by atoms with Crippen molar-refractivity contribution in [2.75, 3.05) is 49.2 Å². The Balaban J connectivity index is 1.46. The lowest BCUT2D eigenvalue weighted by Crippen LogP contribution is -2.19. The van der Waals surface area contributed by atoms with Gasteiger partial charge in [0, 0.05) is 48.4 Å². The summed E-state index contributed by atoms with van der Waals surface area (Å²) in [6.07, 6.45) is 1.79. The van der Waals surface area contributed by atoms with Gasteiger partial charge in [0.2, 0.25) is 0 Å². The van der Waals surface area contributed by atoms with Gasteiger partial charge in [0.25, 0.3) is 5.91 Å². The second-order valence-electron chi connectivity index (χ2n) is 7.91. The van der Waals surface area contributed by atoms with Gasteiger partial charge in [-0.3, -0.25) is 4.79 Å².